The molecule has 0 aromatic heterocycles. The Morgan fingerprint density at radius 1 is 1.44 bits per heavy atom. The van der Waals surface area contributed by atoms with Crippen LogP contribution in [0.1, 0.15) is 31.9 Å². The van der Waals surface area contributed by atoms with Gasteiger partial charge in [-0.1, -0.05) is 36.2 Å². The first kappa shape index (κ1) is 15.3. The molecule has 0 heterocycles. The normalized spacial score (nSPS) is 16.1. The van der Waals surface area contributed by atoms with E-state index >= 15 is 0 Å². The molecule has 1 aromatic rings. The minimum atomic E-state index is -0.708. The third kappa shape index (κ3) is 3.16. The lowest BCUT2D eigenvalue weighted by Gasteiger charge is -2.25. The first-order chi connectivity index (χ1) is 8.42. The zero-order valence-electron chi connectivity index (χ0n) is 10.9. The summed E-state index contributed by atoms with van der Waals surface area (Å²) in [5.74, 6) is 0.381. The molecule has 1 unspecified atom stereocenters. The van der Waals surface area contributed by atoms with Crippen molar-refractivity contribution >= 4 is 15.9 Å². The van der Waals surface area contributed by atoms with E-state index in [1.54, 1.807) is 12.1 Å². The van der Waals surface area contributed by atoms with Crippen LogP contribution < -0.4 is 10.5 Å². The maximum atomic E-state index is 10.1. The van der Waals surface area contributed by atoms with Gasteiger partial charge in [0.1, 0.15) is 0 Å². The van der Waals surface area contributed by atoms with Gasteiger partial charge in [0.25, 0.3) is 0 Å². The Labute approximate surface area is 116 Å². The van der Waals surface area contributed by atoms with Crippen molar-refractivity contribution < 1.29 is 14.9 Å². The number of aromatic hydroxyl groups is 1. The number of phenolic OH excluding ortho intramolecular Hbond substituents is 1. The number of ether oxygens (including phenoxy) is 1. The van der Waals surface area contributed by atoms with E-state index in [0.29, 0.717) is 11.3 Å². The molecule has 0 saturated carbocycles. The Morgan fingerprint density at radius 2 is 2.06 bits per heavy atom. The highest BCUT2D eigenvalue weighted by Crippen LogP contribution is 2.38. The molecule has 102 valence electrons. The highest BCUT2D eigenvalue weighted by molar-refractivity contribution is 9.10. The van der Waals surface area contributed by atoms with Crippen LogP contribution in [-0.2, 0) is 0 Å². The summed E-state index contributed by atoms with van der Waals surface area (Å²) in [5.41, 5.74) is 6.50. The maximum Gasteiger partial charge on any atom is 0.162 e. The first-order valence-electron chi connectivity index (χ1n) is 5.92. The highest BCUT2D eigenvalue weighted by atomic mass is 79.9. The second-order valence-corrected chi connectivity index (χ2v) is 5.36. The summed E-state index contributed by atoms with van der Waals surface area (Å²) in [4.78, 5) is 0. The Morgan fingerprint density at radius 3 is 2.56 bits per heavy atom. The molecule has 0 aliphatic carbocycles. The number of hydrogen-bond donors (Lipinski definition) is 3. The van der Waals surface area contributed by atoms with Gasteiger partial charge in [0.15, 0.2) is 11.5 Å². The topological polar surface area (TPSA) is 75.7 Å². The third-order valence-electron chi connectivity index (χ3n) is 3.24. The van der Waals surface area contributed by atoms with Crippen LogP contribution in [0.15, 0.2) is 16.6 Å². The van der Waals surface area contributed by atoms with E-state index < -0.39 is 12.1 Å². The van der Waals surface area contributed by atoms with E-state index in [2.05, 4.69) is 15.9 Å². The van der Waals surface area contributed by atoms with E-state index in [4.69, 9.17) is 10.5 Å². The number of halogens is 1. The average Bonchev–Trinajstić information content (AvgIpc) is 2.38. The monoisotopic (exact) mass is 317 g/mol. The first-order valence-corrected chi connectivity index (χ1v) is 6.71. The Bertz CT molecular complexity index is 411. The molecule has 18 heavy (non-hydrogen) atoms. The van der Waals surface area contributed by atoms with Crippen LogP contribution >= 0.6 is 15.9 Å². The quantitative estimate of drug-likeness (QED) is 0.780. The fraction of sp³-hybridized carbons (Fsp3) is 0.538. The molecule has 0 saturated heterocycles. The van der Waals surface area contributed by atoms with Crippen LogP contribution in [0.25, 0.3) is 0 Å². The summed E-state index contributed by atoms with van der Waals surface area (Å²) in [6.07, 6.45) is 0.112. The van der Waals surface area contributed by atoms with Crippen LogP contribution in [-0.4, -0.2) is 23.4 Å². The van der Waals surface area contributed by atoms with Gasteiger partial charge in [0, 0.05) is 10.0 Å². The van der Waals surface area contributed by atoms with Gasteiger partial charge in [0.2, 0.25) is 0 Å². The van der Waals surface area contributed by atoms with Gasteiger partial charge in [-0.05, 0) is 18.1 Å². The molecule has 4 N–H and O–H groups in total. The van der Waals surface area contributed by atoms with Gasteiger partial charge < -0.3 is 20.7 Å². The molecule has 1 aromatic carbocycles. The van der Waals surface area contributed by atoms with Crippen molar-refractivity contribution in [3.05, 3.63) is 22.2 Å². The largest absolute Gasteiger partial charge is 0.504 e. The van der Waals surface area contributed by atoms with E-state index in [1.807, 2.05) is 13.8 Å². The number of phenols is 1. The second kappa shape index (κ2) is 6.41. The van der Waals surface area contributed by atoms with Crippen molar-refractivity contribution in [3.63, 3.8) is 0 Å². The average molecular weight is 318 g/mol. The fourth-order valence-corrected chi connectivity index (χ4v) is 2.24. The molecule has 0 aliphatic rings. The lowest BCUT2D eigenvalue weighted by atomic mass is 9.91. The second-order valence-electron chi connectivity index (χ2n) is 4.45. The number of benzene rings is 1. The van der Waals surface area contributed by atoms with Crippen molar-refractivity contribution in [2.45, 2.75) is 32.4 Å². The number of rotatable bonds is 5. The van der Waals surface area contributed by atoms with Gasteiger partial charge in [-0.3, -0.25) is 0 Å². The SMILES string of the molecule is CCC(C)[C@@H](O)[C@@H](N)c1cc(Br)cc(OC)c1O. The molecule has 0 aliphatic heterocycles. The number of hydrogen-bond acceptors (Lipinski definition) is 4. The molecule has 0 spiro atoms. The molecular weight excluding hydrogens is 298 g/mol. The van der Waals surface area contributed by atoms with Gasteiger partial charge in [-0.2, -0.15) is 0 Å². The molecule has 0 radical (unpaired) electrons. The van der Waals surface area contributed by atoms with Crippen LogP contribution in [0.3, 0.4) is 0 Å². The van der Waals surface area contributed by atoms with Crippen molar-refractivity contribution in [2.75, 3.05) is 7.11 Å². The van der Waals surface area contributed by atoms with Gasteiger partial charge >= 0.3 is 0 Å². The number of aliphatic hydroxyl groups excluding tert-OH is 1. The van der Waals surface area contributed by atoms with Gasteiger partial charge in [0.05, 0.1) is 19.3 Å². The van der Waals surface area contributed by atoms with Crippen LogP contribution in [0.2, 0.25) is 0 Å². The third-order valence-corrected chi connectivity index (χ3v) is 3.70. The number of nitrogens with two attached hydrogens (primary N) is 1. The lowest BCUT2D eigenvalue weighted by Crippen LogP contribution is -2.31. The highest BCUT2D eigenvalue weighted by Gasteiger charge is 2.25. The zero-order chi connectivity index (χ0) is 13.9. The summed E-state index contributed by atoms with van der Waals surface area (Å²) in [5, 5.41) is 20.2. The molecule has 3 atom stereocenters. The number of methoxy groups -OCH3 is 1. The molecular formula is C13H20BrNO3. The predicted molar refractivity (Wildman–Crippen MR) is 74.7 cm³/mol. The predicted octanol–water partition coefficient (Wildman–Crippen LogP) is 2.57. The van der Waals surface area contributed by atoms with Crippen LogP contribution in [0.5, 0.6) is 11.5 Å². The van der Waals surface area contributed by atoms with Crippen molar-refractivity contribution in [1.29, 1.82) is 0 Å². The molecule has 5 heteroatoms. The van der Waals surface area contributed by atoms with Gasteiger partial charge in [-0.15, -0.1) is 0 Å². The maximum absolute atomic E-state index is 10.1. The Balaban J connectivity index is 3.12. The molecule has 0 amide bonds. The number of aliphatic hydroxyl groups is 1. The molecule has 0 fully saturated rings. The molecule has 1 rings (SSSR count). The fourth-order valence-electron chi connectivity index (χ4n) is 1.78. The smallest absolute Gasteiger partial charge is 0.162 e. The van der Waals surface area contributed by atoms with E-state index in [1.165, 1.54) is 7.11 Å². The van der Waals surface area contributed by atoms with Crippen LogP contribution in [0.4, 0.5) is 0 Å². The molecule has 0 bridgehead atoms. The van der Waals surface area contributed by atoms with E-state index in [9.17, 15) is 10.2 Å². The zero-order valence-corrected chi connectivity index (χ0v) is 12.4. The summed E-state index contributed by atoms with van der Waals surface area (Å²) >= 11 is 3.33. The Kier molecular flexibility index (Phi) is 5.44. The van der Waals surface area contributed by atoms with Crippen molar-refractivity contribution in [3.8, 4) is 11.5 Å². The Hall–Kier alpha value is -0.780. The summed E-state index contributed by atoms with van der Waals surface area (Å²) < 4.78 is 5.82. The molecule has 4 nitrogen and oxygen atoms in total. The van der Waals surface area contributed by atoms with Crippen LogP contribution in [0, 0.1) is 5.92 Å². The summed E-state index contributed by atoms with van der Waals surface area (Å²) in [6, 6.07) is 2.71. The lowest BCUT2D eigenvalue weighted by molar-refractivity contribution is 0.0869. The van der Waals surface area contributed by atoms with E-state index in [0.717, 1.165) is 10.9 Å². The minimum Gasteiger partial charge on any atom is -0.504 e. The summed E-state index contributed by atoms with van der Waals surface area (Å²) in [6.45, 7) is 3.92. The minimum absolute atomic E-state index is 0.0180. The standard InChI is InChI=1S/C13H20BrNO3/c1-4-7(2)12(16)11(15)9-5-8(14)6-10(18-3)13(9)17/h5-7,11-12,16-17H,4,15H2,1-3H3/t7?,11-,12+/m0/s1. The van der Waals surface area contributed by atoms with E-state index in [-0.39, 0.29) is 11.7 Å². The van der Waals surface area contributed by atoms with Gasteiger partial charge in [-0.25, -0.2) is 0 Å². The van der Waals surface area contributed by atoms with Crippen molar-refractivity contribution in [1.82, 2.24) is 0 Å². The van der Waals surface area contributed by atoms with Crippen molar-refractivity contribution in [2.24, 2.45) is 11.7 Å². The summed E-state index contributed by atoms with van der Waals surface area (Å²) in [7, 11) is 1.47.